The first-order valence-electron chi connectivity index (χ1n) is 10.5. The Morgan fingerprint density at radius 3 is 2.24 bits per heavy atom. The molecule has 1 aliphatic heterocycles. The molecule has 1 aliphatic rings. The van der Waals surface area contributed by atoms with Gasteiger partial charge in [0.2, 0.25) is 0 Å². The number of nitrogens with one attached hydrogen (secondary N) is 2. The van der Waals surface area contributed by atoms with E-state index in [4.69, 9.17) is 0 Å². The maximum absolute atomic E-state index is 4.35. The zero-order chi connectivity index (χ0) is 18.3. The topological polar surface area (TPSA) is 42.9 Å². The summed E-state index contributed by atoms with van der Waals surface area (Å²) in [4.78, 5) is 9.35. The maximum atomic E-state index is 4.35. The van der Waals surface area contributed by atoms with Crippen molar-refractivity contribution in [1.82, 2.24) is 20.4 Å². The molecule has 0 amide bonds. The van der Waals surface area contributed by atoms with Gasteiger partial charge in [-0.2, -0.15) is 0 Å². The standard InChI is InChI=1S/C20H43N5/c1-5-6-7-8-9-10-11-12-22-20(21-3)23-17-19(2)18-25-15-13-24(4)14-16-25/h19H,5-18H2,1-4H3,(H2,21,22,23). The summed E-state index contributed by atoms with van der Waals surface area (Å²) in [5.41, 5.74) is 0. The van der Waals surface area contributed by atoms with Crippen LogP contribution in [0.1, 0.15) is 58.8 Å². The predicted octanol–water partition coefficient (Wildman–Crippen LogP) is 2.79. The van der Waals surface area contributed by atoms with Crippen molar-refractivity contribution in [3.8, 4) is 0 Å². The van der Waals surface area contributed by atoms with Crippen LogP contribution in [0.5, 0.6) is 0 Å². The molecule has 0 radical (unpaired) electrons. The number of guanidine groups is 1. The normalized spacial score (nSPS) is 18.3. The van der Waals surface area contributed by atoms with Gasteiger partial charge >= 0.3 is 0 Å². The van der Waals surface area contributed by atoms with Gasteiger partial charge in [0.05, 0.1) is 0 Å². The van der Waals surface area contributed by atoms with Gasteiger partial charge in [-0.25, -0.2) is 0 Å². The lowest BCUT2D eigenvalue weighted by Crippen LogP contribution is -2.47. The Morgan fingerprint density at radius 1 is 0.960 bits per heavy atom. The van der Waals surface area contributed by atoms with Crippen molar-refractivity contribution >= 4 is 5.96 Å². The van der Waals surface area contributed by atoms with Gasteiger partial charge < -0.3 is 20.4 Å². The highest BCUT2D eigenvalue weighted by molar-refractivity contribution is 5.79. The predicted molar refractivity (Wildman–Crippen MR) is 110 cm³/mol. The van der Waals surface area contributed by atoms with Crippen molar-refractivity contribution in [2.24, 2.45) is 10.9 Å². The summed E-state index contributed by atoms with van der Waals surface area (Å²) < 4.78 is 0. The number of unbranched alkanes of at least 4 members (excludes halogenated alkanes) is 6. The van der Waals surface area contributed by atoms with Crippen molar-refractivity contribution in [3.63, 3.8) is 0 Å². The molecule has 0 aromatic heterocycles. The smallest absolute Gasteiger partial charge is 0.190 e. The monoisotopic (exact) mass is 353 g/mol. The molecule has 0 aliphatic carbocycles. The second-order valence-corrected chi connectivity index (χ2v) is 7.71. The van der Waals surface area contributed by atoms with Crippen LogP contribution >= 0.6 is 0 Å². The molecule has 1 atom stereocenters. The Hall–Kier alpha value is -0.810. The molecule has 0 bridgehead atoms. The fourth-order valence-corrected chi connectivity index (χ4v) is 3.32. The zero-order valence-electron chi connectivity index (χ0n) is 17.3. The fourth-order valence-electron chi connectivity index (χ4n) is 3.32. The number of nitrogens with zero attached hydrogens (tertiary/aromatic N) is 3. The van der Waals surface area contributed by atoms with Gasteiger partial charge in [0, 0.05) is 52.9 Å². The molecule has 25 heavy (non-hydrogen) atoms. The molecule has 1 fully saturated rings. The summed E-state index contributed by atoms with van der Waals surface area (Å²) in [5, 5.41) is 6.94. The van der Waals surface area contributed by atoms with Crippen molar-refractivity contribution in [2.45, 2.75) is 58.8 Å². The second kappa shape index (κ2) is 14.4. The summed E-state index contributed by atoms with van der Waals surface area (Å²) in [5.74, 6) is 1.59. The fraction of sp³-hybridized carbons (Fsp3) is 0.950. The van der Waals surface area contributed by atoms with Gasteiger partial charge in [-0.15, -0.1) is 0 Å². The van der Waals surface area contributed by atoms with Crippen molar-refractivity contribution in [3.05, 3.63) is 0 Å². The molecule has 2 N–H and O–H groups in total. The third kappa shape index (κ3) is 11.4. The number of hydrogen-bond acceptors (Lipinski definition) is 3. The van der Waals surface area contributed by atoms with Crippen LogP contribution in [0.15, 0.2) is 4.99 Å². The van der Waals surface area contributed by atoms with Crippen LogP contribution in [0.3, 0.4) is 0 Å². The van der Waals surface area contributed by atoms with Crippen molar-refractivity contribution in [2.75, 3.05) is 59.9 Å². The highest BCUT2D eigenvalue weighted by atomic mass is 15.2. The lowest BCUT2D eigenvalue weighted by Gasteiger charge is -2.34. The minimum atomic E-state index is 0.639. The first-order valence-corrected chi connectivity index (χ1v) is 10.5. The Morgan fingerprint density at radius 2 is 1.60 bits per heavy atom. The summed E-state index contributed by atoms with van der Waals surface area (Å²) in [6.45, 7) is 12.6. The number of rotatable bonds is 12. The molecule has 5 nitrogen and oxygen atoms in total. The van der Waals surface area contributed by atoms with Crippen molar-refractivity contribution in [1.29, 1.82) is 0 Å². The average Bonchev–Trinajstić information content (AvgIpc) is 2.62. The summed E-state index contributed by atoms with van der Waals surface area (Å²) in [7, 11) is 4.08. The lowest BCUT2D eigenvalue weighted by molar-refractivity contribution is 0.139. The van der Waals surface area contributed by atoms with Crippen LogP contribution in [-0.2, 0) is 0 Å². The molecule has 1 heterocycles. The minimum absolute atomic E-state index is 0.639. The van der Waals surface area contributed by atoms with Gasteiger partial charge in [0.1, 0.15) is 0 Å². The van der Waals surface area contributed by atoms with Crippen LogP contribution < -0.4 is 10.6 Å². The summed E-state index contributed by atoms with van der Waals surface area (Å²) >= 11 is 0. The Bertz CT molecular complexity index is 337. The Labute approximate surface area is 156 Å². The number of hydrogen-bond donors (Lipinski definition) is 2. The molecule has 0 aromatic rings. The molecular formula is C20H43N5. The summed E-state index contributed by atoms with van der Waals surface area (Å²) in [6, 6.07) is 0. The highest BCUT2D eigenvalue weighted by Gasteiger charge is 2.16. The average molecular weight is 354 g/mol. The third-order valence-electron chi connectivity index (χ3n) is 5.08. The van der Waals surface area contributed by atoms with E-state index in [2.05, 4.69) is 46.3 Å². The molecular weight excluding hydrogens is 310 g/mol. The SMILES string of the molecule is CCCCCCCCCNC(=NC)NCC(C)CN1CCN(C)CC1. The molecule has 0 aromatic carbocycles. The van der Waals surface area contributed by atoms with E-state index in [1.165, 1.54) is 77.7 Å². The first-order chi connectivity index (χ1) is 12.2. The number of likely N-dealkylation sites (N-methyl/N-ethyl adjacent to an activating group) is 1. The van der Waals surface area contributed by atoms with Gasteiger partial charge in [-0.05, 0) is 19.4 Å². The van der Waals surface area contributed by atoms with E-state index in [1.807, 2.05) is 7.05 Å². The van der Waals surface area contributed by atoms with Gasteiger partial charge in [-0.1, -0.05) is 52.4 Å². The summed E-state index contributed by atoms with van der Waals surface area (Å²) in [6.07, 6.45) is 9.45. The number of aliphatic imine (C=N–C) groups is 1. The molecule has 0 spiro atoms. The number of piperazine rings is 1. The van der Waals surface area contributed by atoms with Crippen LogP contribution in [0.2, 0.25) is 0 Å². The van der Waals surface area contributed by atoms with Crippen molar-refractivity contribution < 1.29 is 0 Å². The van der Waals surface area contributed by atoms with Crippen LogP contribution in [0.4, 0.5) is 0 Å². The van der Waals surface area contributed by atoms with Crippen LogP contribution in [-0.4, -0.2) is 75.7 Å². The van der Waals surface area contributed by atoms with Gasteiger partial charge in [-0.3, -0.25) is 4.99 Å². The molecule has 148 valence electrons. The van der Waals surface area contributed by atoms with E-state index < -0.39 is 0 Å². The van der Waals surface area contributed by atoms with Gasteiger partial charge in [0.25, 0.3) is 0 Å². The molecule has 1 saturated heterocycles. The minimum Gasteiger partial charge on any atom is -0.356 e. The van der Waals surface area contributed by atoms with E-state index in [0.29, 0.717) is 5.92 Å². The van der Waals surface area contributed by atoms with Crippen LogP contribution in [0, 0.1) is 5.92 Å². The van der Waals surface area contributed by atoms with Gasteiger partial charge in [0.15, 0.2) is 5.96 Å². The van der Waals surface area contributed by atoms with E-state index in [9.17, 15) is 0 Å². The molecule has 0 saturated carbocycles. The molecule has 5 heteroatoms. The first kappa shape index (κ1) is 22.2. The maximum Gasteiger partial charge on any atom is 0.190 e. The quantitative estimate of drug-likeness (QED) is 0.322. The van der Waals surface area contributed by atoms with E-state index in [1.54, 1.807) is 0 Å². The largest absolute Gasteiger partial charge is 0.356 e. The molecule has 1 rings (SSSR count). The van der Waals surface area contributed by atoms with E-state index in [-0.39, 0.29) is 0 Å². The second-order valence-electron chi connectivity index (χ2n) is 7.71. The van der Waals surface area contributed by atoms with Crippen LogP contribution in [0.25, 0.3) is 0 Å². The Balaban J connectivity index is 2.03. The Kier molecular flexibility index (Phi) is 12.8. The van der Waals surface area contributed by atoms with E-state index in [0.717, 1.165) is 19.0 Å². The highest BCUT2D eigenvalue weighted by Crippen LogP contribution is 2.06. The molecule has 1 unspecified atom stereocenters. The zero-order valence-corrected chi connectivity index (χ0v) is 17.3. The third-order valence-corrected chi connectivity index (χ3v) is 5.08. The van der Waals surface area contributed by atoms with E-state index >= 15 is 0 Å². The lowest BCUT2D eigenvalue weighted by atomic mass is 10.1.